The molecule has 0 radical (unpaired) electrons. The minimum atomic E-state index is -3.53. The van der Waals surface area contributed by atoms with Crippen LogP contribution in [0.15, 0.2) is 36.4 Å². The lowest BCUT2D eigenvalue weighted by Gasteiger charge is -2.19. The monoisotopic (exact) mass is 373 g/mol. The van der Waals surface area contributed by atoms with E-state index in [1.165, 1.54) is 12.1 Å². The molecule has 0 aromatic heterocycles. The maximum Gasteiger partial charge on any atom is 0.229 e. The summed E-state index contributed by atoms with van der Waals surface area (Å²) in [5.74, 6) is -0.790. The van der Waals surface area contributed by atoms with Gasteiger partial charge in [-0.15, -0.1) is 0 Å². The van der Waals surface area contributed by atoms with Crippen molar-refractivity contribution in [2.24, 2.45) is 0 Å². The molecule has 3 aromatic carbocycles. The predicted octanol–water partition coefficient (Wildman–Crippen LogP) is 3.61. The van der Waals surface area contributed by atoms with E-state index in [0.29, 0.717) is 27.6 Å². The minimum absolute atomic E-state index is 0.0902. The third kappa shape index (κ3) is 3.01. The smallest absolute Gasteiger partial charge is 0.229 e. The van der Waals surface area contributed by atoms with Crippen molar-refractivity contribution in [2.45, 2.75) is 13.8 Å². The van der Waals surface area contributed by atoms with Crippen LogP contribution in [0.4, 0.5) is 5.69 Å². The summed E-state index contributed by atoms with van der Waals surface area (Å²) in [4.78, 5) is 0. The van der Waals surface area contributed by atoms with Crippen molar-refractivity contribution in [3.8, 4) is 28.4 Å². The van der Waals surface area contributed by atoms with Gasteiger partial charge in [-0.25, -0.2) is 8.42 Å². The number of aryl methyl sites for hydroxylation is 1. The van der Waals surface area contributed by atoms with Crippen LogP contribution in [0.1, 0.15) is 11.1 Å². The van der Waals surface area contributed by atoms with Crippen molar-refractivity contribution in [1.82, 2.24) is 0 Å². The Morgan fingerprint density at radius 1 is 0.923 bits per heavy atom. The molecule has 0 saturated carbocycles. The van der Waals surface area contributed by atoms with Crippen LogP contribution in [0.25, 0.3) is 21.9 Å². The van der Waals surface area contributed by atoms with E-state index in [-0.39, 0.29) is 28.4 Å². The zero-order chi connectivity index (χ0) is 19.2. The van der Waals surface area contributed by atoms with Crippen LogP contribution in [0.5, 0.6) is 17.2 Å². The van der Waals surface area contributed by atoms with E-state index in [4.69, 9.17) is 0 Å². The first kappa shape index (κ1) is 17.9. The second-order valence-corrected chi connectivity index (χ2v) is 8.05. The van der Waals surface area contributed by atoms with Gasteiger partial charge in [0, 0.05) is 11.1 Å². The fourth-order valence-electron chi connectivity index (χ4n) is 3.09. The maximum atomic E-state index is 11.7. The molecule has 4 N–H and O–H groups in total. The highest BCUT2D eigenvalue weighted by Crippen LogP contribution is 2.49. The molecule has 0 aliphatic carbocycles. The van der Waals surface area contributed by atoms with Gasteiger partial charge in [-0.2, -0.15) is 0 Å². The average Bonchev–Trinajstić information content (AvgIpc) is 2.55. The third-order valence-electron chi connectivity index (χ3n) is 4.30. The first-order chi connectivity index (χ1) is 12.1. The molecule has 0 aliphatic rings. The second kappa shape index (κ2) is 6.10. The number of aromatic hydroxyl groups is 3. The van der Waals surface area contributed by atoms with Crippen LogP contribution in [0.3, 0.4) is 0 Å². The van der Waals surface area contributed by atoms with Crippen LogP contribution in [-0.4, -0.2) is 30.0 Å². The van der Waals surface area contributed by atoms with Crippen molar-refractivity contribution < 1.29 is 23.7 Å². The van der Waals surface area contributed by atoms with Crippen LogP contribution in [0.2, 0.25) is 0 Å². The molecule has 0 heterocycles. The quantitative estimate of drug-likeness (QED) is 0.414. The van der Waals surface area contributed by atoms with E-state index in [0.717, 1.165) is 6.26 Å². The maximum absolute atomic E-state index is 11.7. The predicted molar refractivity (Wildman–Crippen MR) is 102 cm³/mol. The normalized spacial score (nSPS) is 11.7. The summed E-state index contributed by atoms with van der Waals surface area (Å²) in [6, 6.07) is 10.1. The van der Waals surface area contributed by atoms with Gasteiger partial charge in [0.25, 0.3) is 0 Å². The molecule has 26 heavy (non-hydrogen) atoms. The first-order valence-electron chi connectivity index (χ1n) is 7.85. The van der Waals surface area contributed by atoms with Crippen molar-refractivity contribution in [3.05, 3.63) is 47.5 Å². The number of rotatable bonds is 3. The Kier molecular flexibility index (Phi) is 4.20. The van der Waals surface area contributed by atoms with E-state index in [9.17, 15) is 23.7 Å². The highest BCUT2D eigenvalue weighted by atomic mass is 32.2. The second-order valence-electron chi connectivity index (χ2n) is 6.30. The van der Waals surface area contributed by atoms with Gasteiger partial charge < -0.3 is 15.3 Å². The standard InChI is InChI=1S/C19H19NO5S/c1-10-8-14(20-26(3,24)25)11(2)16(18(10)22)17-13-7-5-4-6-12(13)9-15(21)19(17)23/h4-9,20-23H,1-3H3. The number of benzene rings is 3. The first-order valence-corrected chi connectivity index (χ1v) is 9.74. The van der Waals surface area contributed by atoms with Gasteiger partial charge in [-0.05, 0) is 47.9 Å². The fraction of sp³-hybridized carbons (Fsp3) is 0.158. The fourth-order valence-corrected chi connectivity index (χ4v) is 3.70. The molecule has 0 fully saturated rings. The molecular weight excluding hydrogens is 354 g/mol. The molecule has 3 rings (SSSR count). The summed E-state index contributed by atoms with van der Waals surface area (Å²) in [7, 11) is -3.53. The van der Waals surface area contributed by atoms with Crippen LogP contribution in [0, 0.1) is 13.8 Å². The number of hydrogen-bond acceptors (Lipinski definition) is 5. The Bertz CT molecular complexity index is 1140. The van der Waals surface area contributed by atoms with Crippen LogP contribution in [-0.2, 0) is 10.0 Å². The van der Waals surface area contributed by atoms with Crippen molar-refractivity contribution in [3.63, 3.8) is 0 Å². The molecule has 0 unspecified atom stereocenters. The van der Waals surface area contributed by atoms with Gasteiger partial charge in [0.2, 0.25) is 10.0 Å². The summed E-state index contributed by atoms with van der Waals surface area (Å²) < 4.78 is 25.8. The number of nitrogens with one attached hydrogen (secondary N) is 1. The highest BCUT2D eigenvalue weighted by molar-refractivity contribution is 7.92. The van der Waals surface area contributed by atoms with Gasteiger partial charge in [0.05, 0.1) is 11.9 Å². The zero-order valence-corrected chi connectivity index (χ0v) is 15.3. The number of fused-ring (bicyclic) bond motifs is 1. The van der Waals surface area contributed by atoms with Gasteiger partial charge in [-0.1, -0.05) is 24.3 Å². The number of hydrogen-bond donors (Lipinski definition) is 4. The topological polar surface area (TPSA) is 107 Å². The summed E-state index contributed by atoms with van der Waals surface area (Å²) >= 11 is 0. The molecule has 3 aromatic rings. The Morgan fingerprint density at radius 2 is 1.58 bits per heavy atom. The lowest BCUT2D eigenvalue weighted by molar-refractivity contribution is 0.405. The lowest BCUT2D eigenvalue weighted by atomic mass is 9.90. The Hall–Kier alpha value is -2.93. The van der Waals surface area contributed by atoms with Crippen LogP contribution >= 0.6 is 0 Å². The van der Waals surface area contributed by atoms with Crippen molar-refractivity contribution in [1.29, 1.82) is 0 Å². The third-order valence-corrected chi connectivity index (χ3v) is 4.89. The van der Waals surface area contributed by atoms with E-state index in [1.54, 1.807) is 38.1 Å². The molecule has 0 saturated heterocycles. The summed E-state index contributed by atoms with van der Waals surface area (Å²) in [5.41, 5.74) is 1.68. The lowest BCUT2D eigenvalue weighted by Crippen LogP contribution is -2.11. The van der Waals surface area contributed by atoms with E-state index < -0.39 is 10.0 Å². The number of phenols is 3. The largest absolute Gasteiger partial charge is 0.507 e. The summed E-state index contributed by atoms with van der Waals surface area (Å²) in [6.45, 7) is 3.27. The van der Waals surface area contributed by atoms with Gasteiger partial charge in [-0.3, -0.25) is 4.72 Å². The minimum Gasteiger partial charge on any atom is -0.507 e. The van der Waals surface area contributed by atoms with Crippen molar-refractivity contribution >= 4 is 26.5 Å². The summed E-state index contributed by atoms with van der Waals surface area (Å²) in [6.07, 6.45) is 1.04. The number of anilines is 1. The van der Waals surface area contributed by atoms with E-state index in [1.807, 2.05) is 0 Å². The molecule has 0 aliphatic heterocycles. The van der Waals surface area contributed by atoms with Gasteiger partial charge >= 0.3 is 0 Å². The molecule has 0 atom stereocenters. The van der Waals surface area contributed by atoms with Crippen LogP contribution < -0.4 is 4.72 Å². The highest BCUT2D eigenvalue weighted by Gasteiger charge is 2.22. The molecule has 0 bridgehead atoms. The van der Waals surface area contributed by atoms with Gasteiger partial charge in [0.15, 0.2) is 11.5 Å². The zero-order valence-electron chi connectivity index (χ0n) is 14.5. The molecular formula is C19H19NO5S. The molecule has 136 valence electrons. The Morgan fingerprint density at radius 3 is 2.23 bits per heavy atom. The van der Waals surface area contributed by atoms with Crippen molar-refractivity contribution in [2.75, 3.05) is 11.0 Å². The van der Waals surface area contributed by atoms with Gasteiger partial charge in [0.1, 0.15) is 5.75 Å². The molecule has 6 nitrogen and oxygen atoms in total. The Labute approximate surface area is 151 Å². The molecule has 7 heteroatoms. The SMILES string of the molecule is Cc1cc(NS(C)(=O)=O)c(C)c(-c2c(O)c(O)cc3ccccc23)c1O. The van der Waals surface area contributed by atoms with E-state index in [2.05, 4.69) is 4.72 Å². The summed E-state index contributed by atoms with van der Waals surface area (Å²) in [5, 5.41) is 32.6. The number of phenolic OH excluding ortho intramolecular Hbond substituents is 3. The molecule has 0 amide bonds. The Balaban J connectivity index is 2.45. The molecule has 0 spiro atoms. The average molecular weight is 373 g/mol. The number of sulfonamides is 1. The van der Waals surface area contributed by atoms with E-state index >= 15 is 0 Å².